The van der Waals surface area contributed by atoms with Crippen LogP contribution in [0.25, 0.3) is 0 Å². The lowest BCUT2D eigenvalue weighted by Crippen LogP contribution is -2.59. The van der Waals surface area contributed by atoms with Crippen LogP contribution in [0.15, 0.2) is 66.3 Å². The van der Waals surface area contributed by atoms with Crippen molar-refractivity contribution in [1.29, 1.82) is 0 Å². The third-order valence-electron chi connectivity index (χ3n) is 5.73. The Morgan fingerprint density at radius 2 is 1.91 bits per heavy atom. The Labute approximate surface area is 203 Å². The molecule has 1 unspecified atom stereocenters. The van der Waals surface area contributed by atoms with Gasteiger partial charge < -0.3 is 31.3 Å². The number of hydrogen-bond acceptors (Lipinski definition) is 9. The molecule has 1 aromatic carbocycles. The predicted molar refractivity (Wildman–Crippen MR) is 132 cm³/mol. The molecule has 2 aliphatic heterocycles. The van der Waals surface area contributed by atoms with Gasteiger partial charge in [-0.25, -0.2) is 9.97 Å². The Kier molecular flexibility index (Phi) is 7.36. The fraction of sp³-hybridized carbons (Fsp3) is 0.292. The summed E-state index contributed by atoms with van der Waals surface area (Å²) in [6.45, 7) is 6.41. The van der Waals surface area contributed by atoms with Crippen molar-refractivity contribution >= 4 is 29.7 Å². The number of rotatable bonds is 8. The minimum Gasteiger partial charge on any atom is -0.378 e. The molecule has 1 atom stereocenters. The zero-order valence-electron chi connectivity index (χ0n) is 19.2. The summed E-state index contributed by atoms with van der Waals surface area (Å²) in [7, 11) is 0. The lowest BCUT2D eigenvalue weighted by molar-refractivity contribution is -0.125. The molecule has 1 fully saturated rings. The van der Waals surface area contributed by atoms with E-state index in [9.17, 15) is 9.59 Å². The monoisotopic (exact) mass is 476 g/mol. The minimum atomic E-state index is -1.30. The number of carbonyl (C=O) groups is 2. The molecule has 11 heteroatoms. The smallest absolute Gasteiger partial charge is 0.256 e. The number of anilines is 2. The number of ether oxygens (including phenoxy) is 1. The van der Waals surface area contributed by atoms with Crippen molar-refractivity contribution in [2.24, 2.45) is 4.99 Å². The SMILES string of the molecule is C=CC(=O)Nc1ccc(CCNC(=O)C2(c3cnc(N)nc3)C=NC=C(N3CCOCC3)N2)cc1. The number of morpholine rings is 1. The number of nitrogens with two attached hydrogens (primary N) is 1. The molecule has 1 saturated heterocycles. The van der Waals surface area contributed by atoms with Crippen molar-refractivity contribution in [3.63, 3.8) is 0 Å². The largest absolute Gasteiger partial charge is 0.378 e. The van der Waals surface area contributed by atoms with E-state index in [-0.39, 0.29) is 17.8 Å². The lowest BCUT2D eigenvalue weighted by atomic mass is 9.91. The third kappa shape index (κ3) is 5.64. The van der Waals surface area contributed by atoms with E-state index in [0.717, 1.165) is 11.4 Å². The van der Waals surface area contributed by atoms with Crippen molar-refractivity contribution in [2.45, 2.75) is 12.0 Å². The van der Waals surface area contributed by atoms with Gasteiger partial charge in [-0.1, -0.05) is 18.7 Å². The highest BCUT2D eigenvalue weighted by Gasteiger charge is 2.42. The van der Waals surface area contributed by atoms with Gasteiger partial charge in [0, 0.05) is 49.5 Å². The summed E-state index contributed by atoms with van der Waals surface area (Å²) >= 11 is 0. The van der Waals surface area contributed by atoms with Gasteiger partial charge in [-0.15, -0.1) is 0 Å². The Morgan fingerprint density at radius 3 is 2.60 bits per heavy atom. The molecule has 2 amide bonds. The van der Waals surface area contributed by atoms with Gasteiger partial charge in [0.1, 0.15) is 5.82 Å². The van der Waals surface area contributed by atoms with Gasteiger partial charge in [0.25, 0.3) is 5.91 Å². The molecule has 182 valence electrons. The molecule has 1 aromatic heterocycles. The van der Waals surface area contributed by atoms with Gasteiger partial charge in [0.2, 0.25) is 11.9 Å². The summed E-state index contributed by atoms with van der Waals surface area (Å²) in [4.78, 5) is 39.6. The third-order valence-corrected chi connectivity index (χ3v) is 5.73. The molecule has 35 heavy (non-hydrogen) atoms. The molecule has 5 N–H and O–H groups in total. The second-order valence-electron chi connectivity index (χ2n) is 8.05. The average molecular weight is 477 g/mol. The number of aliphatic imine (C=N–C) groups is 1. The van der Waals surface area contributed by atoms with Crippen LogP contribution < -0.4 is 21.7 Å². The van der Waals surface area contributed by atoms with Crippen LogP contribution in [0.1, 0.15) is 11.1 Å². The van der Waals surface area contributed by atoms with Gasteiger partial charge in [0.05, 0.1) is 19.4 Å². The summed E-state index contributed by atoms with van der Waals surface area (Å²) in [6, 6.07) is 7.41. The molecular weight excluding hydrogens is 448 g/mol. The standard InChI is InChI=1S/C24H28N8O3/c1-2-21(33)30-19-5-3-17(4-6-19)7-8-27-22(34)24(18-13-28-23(25)29-14-18)16-26-15-20(31-24)32-9-11-35-12-10-32/h2-6,13-16,31H,1,7-12H2,(H,27,34)(H,30,33)(H2,25,28,29). The summed E-state index contributed by atoms with van der Waals surface area (Å²) < 4.78 is 5.44. The molecule has 2 aliphatic rings. The first-order valence-electron chi connectivity index (χ1n) is 11.2. The Morgan fingerprint density at radius 1 is 1.20 bits per heavy atom. The molecule has 4 rings (SSSR count). The number of nitrogen functional groups attached to an aromatic ring is 1. The Balaban J connectivity index is 1.46. The van der Waals surface area contributed by atoms with Crippen LogP contribution in [0.3, 0.4) is 0 Å². The summed E-state index contributed by atoms with van der Waals surface area (Å²) in [5, 5.41) is 9.06. The first kappa shape index (κ1) is 23.9. The lowest BCUT2D eigenvalue weighted by Gasteiger charge is -2.39. The highest BCUT2D eigenvalue weighted by molar-refractivity contribution is 6.05. The average Bonchev–Trinajstić information content (AvgIpc) is 2.90. The second kappa shape index (κ2) is 10.8. The normalized spacial score (nSPS) is 19.3. The number of nitrogens with zero attached hydrogens (tertiary/aromatic N) is 4. The van der Waals surface area contributed by atoms with E-state index in [0.29, 0.717) is 50.5 Å². The molecular formula is C24H28N8O3. The van der Waals surface area contributed by atoms with E-state index >= 15 is 0 Å². The van der Waals surface area contributed by atoms with E-state index in [1.165, 1.54) is 18.5 Å². The Bertz CT molecular complexity index is 1120. The molecule has 3 heterocycles. The first-order chi connectivity index (χ1) is 17.0. The highest BCUT2D eigenvalue weighted by atomic mass is 16.5. The van der Waals surface area contributed by atoms with E-state index in [2.05, 4.69) is 42.4 Å². The molecule has 0 radical (unpaired) electrons. The van der Waals surface area contributed by atoms with Crippen LogP contribution >= 0.6 is 0 Å². The quantitative estimate of drug-likeness (QED) is 0.404. The van der Waals surface area contributed by atoms with Gasteiger partial charge >= 0.3 is 0 Å². The van der Waals surface area contributed by atoms with Crippen molar-refractivity contribution in [3.8, 4) is 0 Å². The Hall–Kier alpha value is -4.25. The van der Waals surface area contributed by atoms with E-state index in [1.54, 1.807) is 24.5 Å². The summed E-state index contributed by atoms with van der Waals surface area (Å²) in [5.74, 6) is 0.283. The van der Waals surface area contributed by atoms with Gasteiger partial charge in [-0.05, 0) is 30.2 Å². The second-order valence-corrected chi connectivity index (χ2v) is 8.05. The zero-order chi connectivity index (χ0) is 24.7. The van der Waals surface area contributed by atoms with Crippen LogP contribution in [-0.4, -0.2) is 65.7 Å². The highest BCUT2D eigenvalue weighted by Crippen LogP contribution is 2.25. The molecule has 0 saturated carbocycles. The number of hydrogen-bond donors (Lipinski definition) is 4. The van der Waals surface area contributed by atoms with E-state index < -0.39 is 5.54 Å². The van der Waals surface area contributed by atoms with Crippen LogP contribution in [0, 0.1) is 0 Å². The number of carbonyl (C=O) groups excluding carboxylic acids is 2. The van der Waals surface area contributed by atoms with Crippen LogP contribution in [0.2, 0.25) is 0 Å². The van der Waals surface area contributed by atoms with Gasteiger partial charge in [-0.2, -0.15) is 0 Å². The maximum absolute atomic E-state index is 13.6. The molecule has 0 aliphatic carbocycles. The molecule has 11 nitrogen and oxygen atoms in total. The molecule has 2 aromatic rings. The van der Waals surface area contributed by atoms with E-state index in [4.69, 9.17) is 10.5 Å². The van der Waals surface area contributed by atoms with E-state index in [1.807, 2.05) is 12.1 Å². The first-order valence-corrected chi connectivity index (χ1v) is 11.2. The van der Waals surface area contributed by atoms with Gasteiger partial charge in [0.15, 0.2) is 5.54 Å². The number of amides is 2. The number of nitrogens with one attached hydrogen (secondary N) is 3. The van der Waals surface area contributed by atoms with Crippen LogP contribution in [-0.2, 0) is 26.3 Å². The molecule has 0 spiro atoms. The van der Waals surface area contributed by atoms with Gasteiger partial charge in [-0.3, -0.25) is 14.6 Å². The van der Waals surface area contributed by atoms with Crippen molar-refractivity contribution in [3.05, 3.63) is 72.5 Å². The topological polar surface area (TPSA) is 147 Å². The van der Waals surface area contributed by atoms with Crippen LogP contribution in [0.4, 0.5) is 11.6 Å². The summed E-state index contributed by atoms with van der Waals surface area (Å²) in [6.07, 6.45) is 8.12. The predicted octanol–water partition coefficient (Wildman–Crippen LogP) is 0.543. The van der Waals surface area contributed by atoms with Crippen molar-refractivity contribution < 1.29 is 14.3 Å². The fourth-order valence-electron chi connectivity index (χ4n) is 3.79. The minimum absolute atomic E-state index is 0.119. The summed E-state index contributed by atoms with van der Waals surface area (Å²) in [5.41, 5.74) is 6.58. The zero-order valence-corrected chi connectivity index (χ0v) is 19.2. The van der Waals surface area contributed by atoms with Crippen molar-refractivity contribution in [2.75, 3.05) is 43.9 Å². The fourth-order valence-corrected chi connectivity index (χ4v) is 3.79. The van der Waals surface area contributed by atoms with Crippen LogP contribution in [0.5, 0.6) is 0 Å². The molecule has 0 bridgehead atoms. The van der Waals surface area contributed by atoms with Crippen molar-refractivity contribution in [1.82, 2.24) is 25.5 Å². The number of benzene rings is 1. The maximum Gasteiger partial charge on any atom is 0.256 e. The maximum atomic E-state index is 13.6. The number of aromatic nitrogens is 2.